The summed E-state index contributed by atoms with van der Waals surface area (Å²) in [6, 6.07) is 25.4. The summed E-state index contributed by atoms with van der Waals surface area (Å²) in [5, 5.41) is 21.5. The third-order valence-corrected chi connectivity index (χ3v) is 8.38. The molecule has 0 aliphatic carbocycles. The average molecular weight is 1280 g/mol. The molecule has 2 aromatic carbocycles. The largest absolute Gasteiger partial charge is 2.00 e. The molecular formula is C29H16ClI4N3O6U-6. The Balaban J connectivity index is 0.000000648. The second kappa shape index (κ2) is 21.7. The molecule has 3 heterocycles. The van der Waals surface area contributed by atoms with Gasteiger partial charge in [-0.05, 0) is 163 Å². The molecule has 9 nitrogen and oxygen atoms in total. The molecule has 15 heteroatoms. The molecule has 0 saturated heterocycles. The SMILES string of the molecule is Clc1cc(-c2ccccn2)nc(-c2ccccn2)c1.O=C([O-])c1cc(I)ccc1I.O=C([O-])c1cc(I)ccc1I.[O-2].[O-2].[U]. The van der Waals surface area contributed by atoms with Crippen LogP contribution in [0.4, 0.5) is 0 Å². The number of hydrogen-bond donors (Lipinski definition) is 0. The van der Waals surface area contributed by atoms with E-state index in [0.29, 0.717) is 12.2 Å². The standard InChI is InChI=1S/C15H10ClN3.2C7H4I2O2.2O.U/c16-11-9-14(12-5-1-3-7-17-12)19-15(10-11)13-6-2-4-8-18-13;2*8-4-1-2-6(9)5(3-4)7(10)11;;;/h1-10H;2*1-3H,(H,10,11);;;/q;;;2*-2;/p-2. The summed E-state index contributed by atoms with van der Waals surface area (Å²) in [7, 11) is 0. The first-order valence-electron chi connectivity index (χ1n) is 11.4. The number of carboxylic acids is 2. The van der Waals surface area contributed by atoms with Crippen LogP contribution in [-0.4, -0.2) is 26.9 Å². The van der Waals surface area contributed by atoms with Crippen molar-refractivity contribution in [2.45, 2.75) is 0 Å². The summed E-state index contributed by atoms with van der Waals surface area (Å²) in [4.78, 5) is 34.0. The van der Waals surface area contributed by atoms with Gasteiger partial charge in [-0.15, -0.1) is 0 Å². The fourth-order valence-corrected chi connectivity index (χ4v) is 5.40. The van der Waals surface area contributed by atoms with E-state index in [1.54, 1.807) is 48.8 Å². The Morgan fingerprint density at radius 3 is 1.27 bits per heavy atom. The molecule has 5 rings (SSSR count). The normalized spacial score (nSPS) is 9.30. The number of hydrogen-bond acceptors (Lipinski definition) is 7. The number of rotatable bonds is 4. The fraction of sp³-hybridized carbons (Fsp3) is 0. The van der Waals surface area contributed by atoms with Gasteiger partial charge in [0.15, 0.2) is 0 Å². The Bertz CT molecular complexity index is 1550. The van der Waals surface area contributed by atoms with Crippen molar-refractivity contribution in [1.82, 2.24) is 15.0 Å². The summed E-state index contributed by atoms with van der Waals surface area (Å²) in [6.45, 7) is 0. The van der Waals surface area contributed by atoms with Crippen LogP contribution in [0.15, 0.2) is 97.3 Å². The van der Waals surface area contributed by atoms with E-state index in [9.17, 15) is 19.8 Å². The zero-order valence-electron chi connectivity index (χ0n) is 21.9. The molecule has 0 N–H and O–H groups in total. The Kier molecular flexibility index (Phi) is 21.3. The summed E-state index contributed by atoms with van der Waals surface area (Å²) in [6.07, 6.45) is 3.47. The van der Waals surface area contributed by atoms with Crippen LogP contribution in [0.5, 0.6) is 0 Å². The van der Waals surface area contributed by atoms with Crippen LogP contribution in [-0.2, 0) is 11.0 Å². The van der Waals surface area contributed by atoms with E-state index in [2.05, 4.69) is 60.1 Å². The quantitative estimate of drug-likeness (QED) is 0.194. The van der Waals surface area contributed by atoms with E-state index in [0.717, 1.165) is 29.9 Å². The molecule has 0 radical (unpaired) electrons. The summed E-state index contributed by atoms with van der Waals surface area (Å²) >= 11 is 14.2. The maximum Gasteiger partial charge on any atom is 0.0909 e. The predicted octanol–water partition coefficient (Wildman–Crippen LogP) is 6.14. The van der Waals surface area contributed by atoms with E-state index >= 15 is 0 Å². The third-order valence-electron chi connectivity index (χ3n) is 4.94. The number of nitrogens with zero attached hydrogens (tertiary/aromatic N) is 3. The molecule has 0 aliphatic heterocycles. The molecule has 0 atom stereocenters. The summed E-state index contributed by atoms with van der Waals surface area (Å²) < 4.78 is 3.23. The van der Waals surface area contributed by atoms with E-state index in [1.165, 1.54) is 0 Å². The molecule has 44 heavy (non-hydrogen) atoms. The number of aromatic carboxylic acids is 2. The molecule has 3 aromatic heterocycles. The molecule has 0 saturated carbocycles. The van der Waals surface area contributed by atoms with E-state index < -0.39 is 11.9 Å². The van der Waals surface area contributed by atoms with E-state index in [1.807, 2.05) is 93.7 Å². The maximum atomic E-state index is 10.5. The number of halogens is 5. The number of pyridine rings is 3. The zero-order chi connectivity index (χ0) is 29.9. The molecule has 0 spiro atoms. The van der Waals surface area contributed by atoms with Crippen molar-refractivity contribution in [3.05, 3.63) is 128 Å². The summed E-state index contributed by atoms with van der Waals surface area (Å²) in [5.74, 6) is -2.24. The van der Waals surface area contributed by atoms with Gasteiger partial charge in [0.1, 0.15) is 0 Å². The monoisotopic (exact) mass is 1280 g/mol. The number of aromatic nitrogens is 3. The van der Waals surface area contributed by atoms with Gasteiger partial charge in [0, 0.05) is 73.9 Å². The smallest absolute Gasteiger partial charge is 0.0909 e. The maximum absolute atomic E-state index is 10.5. The first kappa shape index (κ1) is 43.0. The Hall–Kier alpha value is -0.988. The van der Waals surface area contributed by atoms with Crippen LogP contribution in [0.3, 0.4) is 0 Å². The Labute approximate surface area is 336 Å². The zero-order valence-corrected chi connectivity index (χ0v) is 35.5. The fourth-order valence-electron chi connectivity index (χ4n) is 3.10. The van der Waals surface area contributed by atoms with E-state index in [-0.39, 0.29) is 53.2 Å². The minimum atomic E-state index is -1.12. The second-order valence-corrected chi connectivity index (χ2v) is 13.1. The van der Waals surface area contributed by atoms with Crippen molar-refractivity contribution in [2.75, 3.05) is 0 Å². The van der Waals surface area contributed by atoms with Crippen molar-refractivity contribution in [1.29, 1.82) is 0 Å². The van der Waals surface area contributed by atoms with Gasteiger partial charge >= 0.3 is 0 Å². The Morgan fingerprint density at radius 2 is 0.977 bits per heavy atom. The minimum absolute atomic E-state index is 0. The van der Waals surface area contributed by atoms with Crippen molar-refractivity contribution >= 4 is 114 Å². The van der Waals surface area contributed by atoms with Crippen molar-refractivity contribution in [3.8, 4) is 22.8 Å². The van der Waals surface area contributed by atoms with Crippen LogP contribution < -0.4 is 10.2 Å². The minimum Gasteiger partial charge on any atom is -2.00 e. The van der Waals surface area contributed by atoms with Gasteiger partial charge in [0.25, 0.3) is 0 Å². The molecule has 0 amide bonds. The third kappa shape index (κ3) is 13.8. The molecule has 5 aromatic rings. The molecule has 0 aliphatic rings. The van der Waals surface area contributed by atoms with Crippen molar-refractivity contribution in [2.24, 2.45) is 0 Å². The second-order valence-electron chi connectivity index (χ2n) is 7.81. The average Bonchev–Trinajstić information content (AvgIpc) is 2.96. The molecule has 0 fully saturated rings. The van der Waals surface area contributed by atoms with E-state index in [4.69, 9.17) is 11.6 Å². The van der Waals surface area contributed by atoms with Gasteiger partial charge in [-0.3, -0.25) is 9.97 Å². The van der Waals surface area contributed by atoms with Gasteiger partial charge in [0.05, 0.1) is 34.7 Å². The van der Waals surface area contributed by atoms with Gasteiger partial charge in [-0.1, -0.05) is 23.7 Å². The number of benzene rings is 2. The van der Waals surface area contributed by atoms with Crippen molar-refractivity contribution < 1.29 is 61.9 Å². The Morgan fingerprint density at radius 1 is 0.591 bits per heavy atom. The molecule has 0 bridgehead atoms. The van der Waals surface area contributed by atoms with Gasteiger partial charge < -0.3 is 30.8 Å². The first-order valence-corrected chi connectivity index (χ1v) is 16.1. The first-order chi connectivity index (χ1) is 19.5. The van der Waals surface area contributed by atoms with Gasteiger partial charge in [-0.2, -0.15) is 0 Å². The van der Waals surface area contributed by atoms with Crippen LogP contribution in [0.1, 0.15) is 20.7 Å². The predicted molar refractivity (Wildman–Crippen MR) is 189 cm³/mol. The molecular weight excluding hydrogens is 1270 g/mol. The molecule has 228 valence electrons. The van der Waals surface area contributed by atoms with Crippen LogP contribution in [0, 0.1) is 45.4 Å². The topological polar surface area (TPSA) is 176 Å². The number of carbonyl (C=O) groups excluding carboxylic acids is 2. The van der Waals surface area contributed by atoms with Gasteiger partial charge in [-0.25, -0.2) is 4.98 Å². The number of carbonyl (C=O) groups is 2. The van der Waals surface area contributed by atoms with Crippen LogP contribution in [0.25, 0.3) is 22.8 Å². The van der Waals surface area contributed by atoms with Crippen LogP contribution in [0.2, 0.25) is 5.02 Å². The molecule has 0 unspecified atom stereocenters. The van der Waals surface area contributed by atoms with Crippen LogP contribution >= 0.6 is 102 Å². The van der Waals surface area contributed by atoms with Gasteiger partial charge in [0.2, 0.25) is 0 Å². The van der Waals surface area contributed by atoms with Crippen molar-refractivity contribution in [3.63, 3.8) is 0 Å². The number of carboxylic acid groups (broad SMARTS) is 2. The summed E-state index contributed by atoms with van der Waals surface area (Å²) in [5.41, 5.74) is 3.60.